The van der Waals surface area contributed by atoms with Gasteiger partial charge in [0.1, 0.15) is 11.6 Å². The molecule has 2 aromatic heterocycles. The first-order chi connectivity index (χ1) is 14.0. The van der Waals surface area contributed by atoms with Crippen molar-refractivity contribution in [2.45, 2.75) is 12.6 Å². The van der Waals surface area contributed by atoms with Gasteiger partial charge in [-0.2, -0.15) is 0 Å². The third kappa shape index (κ3) is 3.61. The molecular formula is C21H14BrFN2O3S. The molecule has 1 amide bonds. The summed E-state index contributed by atoms with van der Waals surface area (Å²) in [6.07, 6.45) is 2.91. The number of aromatic nitrogens is 1. The number of aliphatic hydroxyl groups excluding tert-OH is 1. The van der Waals surface area contributed by atoms with E-state index in [4.69, 9.17) is 0 Å². The predicted octanol–water partition coefficient (Wildman–Crippen LogP) is 4.67. The number of aliphatic hydroxyl groups is 1. The van der Waals surface area contributed by atoms with Gasteiger partial charge < -0.3 is 10.0 Å². The average Bonchev–Trinajstić information content (AvgIpc) is 3.32. The van der Waals surface area contributed by atoms with E-state index in [2.05, 4.69) is 20.9 Å². The van der Waals surface area contributed by atoms with Crippen molar-refractivity contribution in [1.82, 2.24) is 9.88 Å². The molecule has 0 radical (unpaired) electrons. The third-order valence-electron chi connectivity index (χ3n) is 4.63. The number of hydrogen-bond donors (Lipinski definition) is 1. The highest BCUT2D eigenvalue weighted by atomic mass is 79.9. The summed E-state index contributed by atoms with van der Waals surface area (Å²) in [6, 6.07) is 10.1. The minimum absolute atomic E-state index is 0.126. The highest BCUT2D eigenvalue weighted by Gasteiger charge is 2.47. The van der Waals surface area contributed by atoms with Crippen molar-refractivity contribution in [2.24, 2.45) is 0 Å². The van der Waals surface area contributed by atoms with Crippen molar-refractivity contribution in [3.8, 4) is 0 Å². The number of rotatable bonds is 4. The molecule has 3 aromatic rings. The summed E-state index contributed by atoms with van der Waals surface area (Å²) in [5.41, 5.74) is 0.249. The van der Waals surface area contributed by atoms with Gasteiger partial charge in [0.25, 0.3) is 11.7 Å². The highest BCUT2D eigenvalue weighted by molar-refractivity contribution is 9.10. The number of thiophene rings is 1. The Morgan fingerprint density at radius 2 is 2.07 bits per heavy atom. The molecule has 0 saturated carbocycles. The van der Waals surface area contributed by atoms with Crippen molar-refractivity contribution in [1.29, 1.82) is 0 Å². The molecule has 8 heteroatoms. The fourth-order valence-corrected chi connectivity index (χ4v) is 4.40. The van der Waals surface area contributed by atoms with Gasteiger partial charge in [-0.1, -0.05) is 22.0 Å². The van der Waals surface area contributed by atoms with Crippen LogP contribution >= 0.6 is 27.3 Å². The summed E-state index contributed by atoms with van der Waals surface area (Å²) < 4.78 is 15.4. The number of carbonyl (C=O) groups excluding carboxylic acids is 2. The smallest absolute Gasteiger partial charge is 0.295 e. The number of halogens is 2. The van der Waals surface area contributed by atoms with Gasteiger partial charge in [-0.05, 0) is 41.8 Å². The lowest BCUT2D eigenvalue weighted by atomic mass is 9.95. The maximum Gasteiger partial charge on any atom is 0.295 e. The lowest BCUT2D eigenvalue weighted by Gasteiger charge is -2.25. The van der Waals surface area contributed by atoms with Gasteiger partial charge in [0, 0.05) is 32.9 Å². The number of ketones is 1. The number of hydrogen-bond acceptors (Lipinski definition) is 5. The number of benzene rings is 1. The number of likely N-dealkylation sites (tertiary alicyclic amines) is 1. The van der Waals surface area contributed by atoms with Gasteiger partial charge in [0.15, 0.2) is 0 Å². The van der Waals surface area contributed by atoms with E-state index in [-0.39, 0.29) is 29.0 Å². The zero-order valence-corrected chi connectivity index (χ0v) is 17.3. The molecular weight excluding hydrogens is 459 g/mol. The Morgan fingerprint density at radius 1 is 1.24 bits per heavy atom. The number of amides is 1. The Morgan fingerprint density at radius 3 is 2.76 bits per heavy atom. The zero-order chi connectivity index (χ0) is 20.5. The van der Waals surface area contributed by atoms with Gasteiger partial charge in [0.2, 0.25) is 0 Å². The second-order valence-corrected chi connectivity index (χ2v) is 8.36. The van der Waals surface area contributed by atoms with Crippen molar-refractivity contribution in [2.75, 3.05) is 0 Å². The molecule has 29 heavy (non-hydrogen) atoms. The molecule has 1 fully saturated rings. The Labute approximate surface area is 178 Å². The maximum atomic E-state index is 14.8. The molecule has 146 valence electrons. The van der Waals surface area contributed by atoms with Crippen molar-refractivity contribution >= 4 is 44.7 Å². The van der Waals surface area contributed by atoms with Gasteiger partial charge >= 0.3 is 0 Å². The minimum Gasteiger partial charge on any atom is -0.507 e. The van der Waals surface area contributed by atoms with E-state index in [0.717, 1.165) is 4.88 Å². The van der Waals surface area contributed by atoms with Crippen LogP contribution in [0, 0.1) is 5.82 Å². The van der Waals surface area contributed by atoms with Crippen LogP contribution in [0.25, 0.3) is 5.76 Å². The number of pyridine rings is 1. The molecule has 1 aliphatic rings. The standard InChI is InChI=1S/C21H14BrFN2O3S/c22-13-5-6-16(23)15(9-13)18-17(19(26)12-3-1-7-24-10-12)20(27)21(28)25(18)11-14-4-2-8-29-14/h1-10,18,26H,11H2/b19-17+. The molecule has 1 aromatic carbocycles. The monoisotopic (exact) mass is 472 g/mol. The lowest BCUT2D eigenvalue weighted by Crippen LogP contribution is -2.29. The summed E-state index contributed by atoms with van der Waals surface area (Å²) in [5, 5.41) is 12.7. The number of Topliss-reactive ketones (excluding diaryl/α,β-unsaturated/α-hetero) is 1. The van der Waals surface area contributed by atoms with E-state index in [0.29, 0.717) is 4.47 Å². The van der Waals surface area contributed by atoms with E-state index in [1.165, 1.54) is 46.8 Å². The van der Waals surface area contributed by atoms with Crippen LogP contribution in [0.4, 0.5) is 4.39 Å². The van der Waals surface area contributed by atoms with E-state index in [1.807, 2.05) is 17.5 Å². The molecule has 1 saturated heterocycles. The molecule has 0 spiro atoms. The molecule has 5 nitrogen and oxygen atoms in total. The van der Waals surface area contributed by atoms with Gasteiger partial charge in [-0.25, -0.2) is 4.39 Å². The SMILES string of the molecule is O=C1C(=O)N(Cc2cccs2)C(c2cc(Br)ccc2F)/C1=C(\O)c1cccnc1. The predicted molar refractivity (Wildman–Crippen MR) is 111 cm³/mol. The normalized spacial score (nSPS) is 18.4. The Balaban J connectivity index is 1.92. The van der Waals surface area contributed by atoms with Crippen LogP contribution in [-0.4, -0.2) is 26.7 Å². The lowest BCUT2D eigenvalue weighted by molar-refractivity contribution is -0.140. The van der Waals surface area contributed by atoms with Crippen LogP contribution in [0.3, 0.4) is 0 Å². The van der Waals surface area contributed by atoms with E-state index in [1.54, 1.807) is 12.1 Å². The van der Waals surface area contributed by atoms with E-state index < -0.39 is 23.5 Å². The quantitative estimate of drug-likeness (QED) is 0.340. The first-order valence-corrected chi connectivity index (χ1v) is 10.3. The molecule has 1 atom stereocenters. The largest absolute Gasteiger partial charge is 0.507 e. The molecule has 1 aliphatic heterocycles. The minimum atomic E-state index is -1.06. The summed E-state index contributed by atoms with van der Waals surface area (Å²) in [5.74, 6) is -2.59. The van der Waals surface area contributed by atoms with Crippen molar-refractivity contribution < 1.29 is 19.1 Å². The first kappa shape index (κ1) is 19.5. The van der Waals surface area contributed by atoms with Crippen molar-refractivity contribution in [3.63, 3.8) is 0 Å². The van der Waals surface area contributed by atoms with Gasteiger partial charge in [-0.3, -0.25) is 14.6 Å². The Hall–Kier alpha value is -2.84. The molecule has 3 heterocycles. The number of carbonyl (C=O) groups is 2. The van der Waals surface area contributed by atoms with Crippen LogP contribution in [0.2, 0.25) is 0 Å². The van der Waals surface area contributed by atoms with E-state index in [9.17, 15) is 19.1 Å². The van der Waals surface area contributed by atoms with E-state index >= 15 is 0 Å². The maximum absolute atomic E-state index is 14.8. The Bertz CT molecular complexity index is 1120. The van der Waals surface area contributed by atoms with Crippen LogP contribution < -0.4 is 0 Å². The Kier molecular flexibility index (Phi) is 5.29. The highest BCUT2D eigenvalue weighted by Crippen LogP contribution is 2.42. The molecule has 4 rings (SSSR count). The fraction of sp³-hybridized carbons (Fsp3) is 0.0952. The van der Waals surface area contributed by atoms with Crippen LogP contribution in [0.15, 0.2) is 70.3 Å². The number of nitrogens with zero attached hydrogens (tertiary/aromatic N) is 2. The first-order valence-electron chi connectivity index (χ1n) is 8.63. The second kappa shape index (κ2) is 7.88. The summed E-state index contributed by atoms with van der Waals surface area (Å²) in [6.45, 7) is 0.128. The van der Waals surface area contributed by atoms with Crippen LogP contribution in [0.5, 0.6) is 0 Å². The molecule has 1 unspecified atom stereocenters. The zero-order valence-electron chi connectivity index (χ0n) is 14.9. The fourth-order valence-electron chi connectivity index (χ4n) is 3.32. The van der Waals surface area contributed by atoms with Crippen LogP contribution in [0.1, 0.15) is 22.0 Å². The molecule has 0 bridgehead atoms. The summed E-state index contributed by atoms with van der Waals surface area (Å²) in [4.78, 5) is 31.8. The average molecular weight is 473 g/mol. The van der Waals surface area contributed by atoms with Crippen LogP contribution in [-0.2, 0) is 16.1 Å². The van der Waals surface area contributed by atoms with Gasteiger partial charge in [-0.15, -0.1) is 11.3 Å². The second-order valence-electron chi connectivity index (χ2n) is 6.41. The van der Waals surface area contributed by atoms with Gasteiger partial charge in [0.05, 0.1) is 18.2 Å². The topological polar surface area (TPSA) is 70.5 Å². The summed E-state index contributed by atoms with van der Waals surface area (Å²) >= 11 is 4.74. The third-order valence-corrected chi connectivity index (χ3v) is 5.99. The molecule has 0 aliphatic carbocycles. The van der Waals surface area contributed by atoms with Crippen molar-refractivity contribution in [3.05, 3.63) is 92.1 Å². The summed E-state index contributed by atoms with van der Waals surface area (Å²) in [7, 11) is 0. The molecule has 1 N–H and O–H groups in total.